The Hall–Kier alpha value is -4.47. The first-order valence-corrected chi connectivity index (χ1v) is 11.8. The van der Waals surface area contributed by atoms with Crippen LogP contribution in [-0.4, -0.2) is 39.9 Å². The fraction of sp³-hybridized carbons (Fsp3) is 0.321. The number of aliphatic hydroxyl groups is 1. The molecule has 1 amide bonds. The highest BCUT2D eigenvalue weighted by molar-refractivity contribution is 5.95. The van der Waals surface area contributed by atoms with Crippen LogP contribution >= 0.6 is 0 Å². The number of ether oxygens (including phenoxy) is 1. The molecule has 0 spiro atoms. The smallest absolute Gasteiger partial charge is 0.414 e. The Labute approximate surface area is 216 Å². The summed E-state index contributed by atoms with van der Waals surface area (Å²) in [6.07, 6.45) is 1.03. The third kappa shape index (κ3) is 5.09. The monoisotopic (exact) mass is 496 g/mol. The fourth-order valence-corrected chi connectivity index (χ4v) is 4.27. The van der Waals surface area contributed by atoms with Crippen molar-refractivity contribution in [3.8, 4) is 23.4 Å². The molecular weight excluding hydrogens is 468 g/mol. The molecular formula is C28H28N6O3. The van der Waals surface area contributed by atoms with Gasteiger partial charge in [0, 0.05) is 29.4 Å². The molecule has 2 N–H and O–H groups in total. The van der Waals surface area contributed by atoms with Gasteiger partial charge in [-0.05, 0) is 69.2 Å². The van der Waals surface area contributed by atoms with Crippen molar-refractivity contribution >= 4 is 23.4 Å². The van der Waals surface area contributed by atoms with Crippen LogP contribution in [0.25, 0.3) is 11.3 Å². The lowest BCUT2D eigenvalue weighted by Crippen LogP contribution is -2.40. The first kappa shape index (κ1) is 25.6. The van der Waals surface area contributed by atoms with E-state index >= 15 is 0 Å². The standard InChI is InChI=1S/C28H28N6O3/c1-17-6-7-18(13-29)10-23(17)33-25-31-9-8-22(32-25)19-11-20(14-30)24-21(12-19)28(5,16-35)15-34(24)26(36)37-27(2,3)4/h6-12,35H,15-16H2,1-5H3,(H,31,32,33). The number of fused-ring (bicyclic) bond motifs is 1. The van der Waals surface area contributed by atoms with Crippen molar-refractivity contribution in [2.24, 2.45) is 0 Å². The molecule has 9 nitrogen and oxygen atoms in total. The third-order valence-corrected chi connectivity index (χ3v) is 6.18. The van der Waals surface area contributed by atoms with Crippen LogP contribution in [0.1, 0.15) is 49.9 Å². The van der Waals surface area contributed by atoms with Crippen LogP contribution < -0.4 is 10.2 Å². The van der Waals surface area contributed by atoms with Crippen LogP contribution in [0.3, 0.4) is 0 Å². The summed E-state index contributed by atoms with van der Waals surface area (Å²) in [5.74, 6) is 0.329. The van der Waals surface area contributed by atoms with E-state index in [2.05, 4.69) is 27.4 Å². The van der Waals surface area contributed by atoms with Crippen molar-refractivity contribution < 1.29 is 14.6 Å². The predicted molar refractivity (Wildman–Crippen MR) is 139 cm³/mol. The number of rotatable bonds is 4. The van der Waals surface area contributed by atoms with Crippen molar-refractivity contribution in [1.29, 1.82) is 10.5 Å². The molecule has 2 aromatic carbocycles. The van der Waals surface area contributed by atoms with Gasteiger partial charge >= 0.3 is 6.09 Å². The molecule has 1 aliphatic rings. The zero-order valence-electron chi connectivity index (χ0n) is 21.5. The molecule has 1 aromatic heterocycles. The first-order valence-electron chi connectivity index (χ1n) is 11.8. The van der Waals surface area contributed by atoms with Gasteiger partial charge in [0.25, 0.3) is 0 Å². The first-order chi connectivity index (χ1) is 17.5. The SMILES string of the molecule is Cc1ccc(C#N)cc1Nc1nccc(-c2cc(C#N)c3c(c2)C(C)(CO)CN3C(=O)OC(C)(C)C)n1. The molecule has 4 rings (SSSR count). The lowest BCUT2D eigenvalue weighted by atomic mass is 9.83. The molecule has 0 radical (unpaired) electrons. The lowest BCUT2D eigenvalue weighted by Gasteiger charge is -2.26. The minimum Gasteiger partial charge on any atom is -0.443 e. The van der Waals surface area contributed by atoms with Crippen molar-refractivity contribution in [1.82, 2.24) is 9.97 Å². The van der Waals surface area contributed by atoms with E-state index in [1.807, 2.05) is 26.0 Å². The second-order valence-electron chi connectivity index (χ2n) is 10.3. The lowest BCUT2D eigenvalue weighted by molar-refractivity contribution is 0.0575. The quantitative estimate of drug-likeness (QED) is 0.518. The van der Waals surface area contributed by atoms with Crippen LogP contribution in [-0.2, 0) is 10.2 Å². The third-order valence-electron chi connectivity index (χ3n) is 6.18. The average molecular weight is 497 g/mol. The summed E-state index contributed by atoms with van der Waals surface area (Å²) in [6, 6.07) is 14.9. The normalized spacial score (nSPS) is 16.5. The van der Waals surface area contributed by atoms with Gasteiger partial charge in [0.2, 0.25) is 5.95 Å². The Kier molecular flexibility index (Phi) is 6.60. The van der Waals surface area contributed by atoms with Gasteiger partial charge in [-0.2, -0.15) is 10.5 Å². The number of aryl methyl sites for hydroxylation is 1. The number of carbonyl (C=O) groups is 1. The van der Waals surface area contributed by atoms with Crippen LogP contribution in [0.4, 0.5) is 22.1 Å². The van der Waals surface area contributed by atoms with Gasteiger partial charge in [0.15, 0.2) is 0 Å². The molecule has 0 aliphatic carbocycles. The number of hydrogen-bond donors (Lipinski definition) is 2. The maximum atomic E-state index is 13.0. The van der Waals surface area contributed by atoms with Crippen molar-refractivity contribution in [3.63, 3.8) is 0 Å². The number of aliphatic hydroxyl groups excluding tert-OH is 1. The molecule has 188 valence electrons. The van der Waals surface area contributed by atoms with Crippen molar-refractivity contribution in [3.05, 3.63) is 64.8 Å². The van der Waals surface area contributed by atoms with Gasteiger partial charge < -0.3 is 15.2 Å². The van der Waals surface area contributed by atoms with E-state index in [0.29, 0.717) is 39.7 Å². The van der Waals surface area contributed by atoms with E-state index in [0.717, 1.165) is 5.56 Å². The highest BCUT2D eigenvalue weighted by Crippen LogP contribution is 2.45. The molecule has 9 heteroatoms. The Morgan fingerprint density at radius 2 is 1.97 bits per heavy atom. The van der Waals surface area contributed by atoms with Gasteiger partial charge in [0.1, 0.15) is 11.7 Å². The van der Waals surface area contributed by atoms with Gasteiger partial charge in [-0.25, -0.2) is 14.8 Å². The van der Waals surface area contributed by atoms with Gasteiger partial charge in [-0.15, -0.1) is 0 Å². The van der Waals surface area contributed by atoms with E-state index in [4.69, 9.17) is 4.74 Å². The minimum atomic E-state index is -0.795. The minimum absolute atomic E-state index is 0.178. The summed E-state index contributed by atoms with van der Waals surface area (Å²) in [4.78, 5) is 23.4. The summed E-state index contributed by atoms with van der Waals surface area (Å²) in [7, 11) is 0. The molecule has 0 fully saturated rings. The van der Waals surface area contributed by atoms with Gasteiger partial charge in [-0.1, -0.05) is 13.0 Å². The van der Waals surface area contributed by atoms with E-state index < -0.39 is 17.1 Å². The number of anilines is 3. The maximum absolute atomic E-state index is 13.0. The van der Waals surface area contributed by atoms with Gasteiger partial charge in [-0.3, -0.25) is 4.90 Å². The van der Waals surface area contributed by atoms with Crippen molar-refractivity contribution in [2.75, 3.05) is 23.4 Å². The number of nitrogens with zero attached hydrogens (tertiary/aromatic N) is 5. The number of nitrogens with one attached hydrogen (secondary N) is 1. The molecule has 0 saturated carbocycles. The number of carbonyl (C=O) groups excluding carboxylic acids is 1. The van der Waals surface area contributed by atoms with Gasteiger partial charge in [0.05, 0.1) is 35.2 Å². The number of hydrogen-bond acceptors (Lipinski definition) is 8. The van der Waals surface area contributed by atoms with E-state index in [1.165, 1.54) is 4.90 Å². The summed E-state index contributed by atoms with van der Waals surface area (Å²) >= 11 is 0. The number of benzene rings is 2. The van der Waals surface area contributed by atoms with Crippen LogP contribution in [0.15, 0.2) is 42.6 Å². The Balaban J connectivity index is 1.77. The molecule has 1 unspecified atom stereocenters. The number of aromatic nitrogens is 2. The van der Waals surface area contributed by atoms with Crippen LogP contribution in [0, 0.1) is 29.6 Å². The predicted octanol–water partition coefficient (Wildman–Crippen LogP) is 4.94. The Bertz CT molecular complexity index is 1460. The van der Waals surface area contributed by atoms with E-state index in [-0.39, 0.29) is 18.7 Å². The zero-order chi connectivity index (χ0) is 27.0. The molecule has 0 bridgehead atoms. The maximum Gasteiger partial charge on any atom is 0.414 e. The number of nitriles is 2. The fourth-order valence-electron chi connectivity index (χ4n) is 4.27. The molecule has 0 saturated heterocycles. The van der Waals surface area contributed by atoms with E-state index in [1.54, 1.807) is 51.2 Å². The van der Waals surface area contributed by atoms with Crippen LogP contribution in [0.2, 0.25) is 0 Å². The Morgan fingerprint density at radius 3 is 2.62 bits per heavy atom. The summed E-state index contributed by atoms with van der Waals surface area (Å²) in [5.41, 5.74) is 3.24. The zero-order valence-corrected chi connectivity index (χ0v) is 21.5. The summed E-state index contributed by atoms with van der Waals surface area (Å²) in [6.45, 7) is 9.05. The van der Waals surface area contributed by atoms with E-state index in [9.17, 15) is 20.4 Å². The molecule has 37 heavy (non-hydrogen) atoms. The summed E-state index contributed by atoms with van der Waals surface area (Å²) < 4.78 is 5.58. The van der Waals surface area contributed by atoms with Crippen molar-refractivity contribution in [2.45, 2.75) is 45.6 Å². The van der Waals surface area contributed by atoms with Crippen LogP contribution in [0.5, 0.6) is 0 Å². The molecule has 2 heterocycles. The topological polar surface area (TPSA) is 135 Å². The highest BCUT2D eigenvalue weighted by atomic mass is 16.6. The molecule has 1 aliphatic heterocycles. The average Bonchev–Trinajstić information content (AvgIpc) is 3.17. The second-order valence-corrected chi connectivity index (χ2v) is 10.3. The highest BCUT2D eigenvalue weighted by Gasteiger charge is 2.44. The Morgan fingerprint density at radius 1 is 1.22 bits per heavy atom. The number of amides is 1. The molecule has 3 aromatic rings. The second kappa shape index (κ2) is 9.53. The largest absolute Gasteiger partial charge is 0.443 e. The summed E-state index contributed by atoms with van der Waals surface area (Å²) in [5, 5.41) is 32.7. The molecule has 1 atom stereocenters.